The molecular weight excluding hydrogens is 564 g/mol. The first-order valence-electron chi connectivity index (χ1n) is 13.5. The molecule has 4 rings (SSSR count). The molecule has 0 aromatic heterocycles. The summed E-state index contributed by atoms with van der Waals surface area (Å²) in [5.41, 5.74) is 3.26. The molecule has 0 radical (unpaired) electrons. The summed E-state index contributed by atoms with van der Waals surface area (Å²) in [5.74, 6) is 1.63. The number of carbonyl (C=O) groups is 1. The average Bonchev–Trinajstić information content (AvgIpc) is 2.95. The summed E-state index contributed by atoms with van der Waals surface area (Å²) in [4.78, 5) is 18.9. The third-order valence-corrected chi connectivity index (χ3v) is 8.08. The van der Waals surface area contributed by atoms with Crippen molar-refractivity contribution in [1.82, 2.24) is 10.4 Å². The molecule has 0 amide bonds. The molecule has 220 valence electrons. The fraction of sp³-hybridized carbons (Fsp3) is 0.367. The zero-order chi connectivity index (χ0) is 29.1. The number of aryl methyl sites for hydroxylation is 1. The molecule has 0 spiro atoms. The minimum absolute atomic E-state index is 0.229. The summed E-state index contributed by atoms with van der Waals surface area (Å²) in [6.45, 7) is 3.39. The topological polar surface area (TPSA) is 114 Å². The van der Waals surface area contributed by atoms with E-state index in [1.165, 1.54) is 0 Å². The van der Waals surface area contributed by atoms with Crippen LogP contribution in [-0.4, -0.2) is 74.6 Å². The van der Waals surface area contributed by atoms with Crippen molar-refractivity contribution < 1.29 is 32.1 Å². The average molecular weight is 601 g/mol. The Labute approximate surface area is 245 Å². The van der Waals surface area contributed by atoms with Gasteiger partial charge in [-0.25, -0.2) is 4.79 Å². The lowest BCUT2D eigenvalue weighted by atomic mass is 10.1. The quantitative estimate of drug-likeness (QED) is 0.266. The molecule has 1 unspecified atom stereocenters. The van der Waals surface area contributed by atoms with Crippen molar-refractivity contribution in [3.05, 3.63) is 89.5 Å². The van der Waals surface area contributed by atoms with Gasteiger partial charge in [-0.2, -0.15) is 8.42 Å². The van der Waals surface area contributed by atoms with Crippen molar-refractivity contribution in [1.29, 1.82) is 0 Å². The molecule has 3 aromatic carbocycles. The number of ether oxygens (including phenoxy) is 1. The summed E-state index contributed by atoms with van der Waals surface area (Å²) in [6, 6.07) is 21.8. The van der Waals surface area contributed by atoms with E-state index in [9.17, 15) is 18.3 Å². The second-order valence-corrected chi connectivity index (χ2v) is 12.6. The number of hydroxylamine groups is 2. The SMILES string of the molecule is CS(=O)(=O)Oc1ccc(OCCc2ccc(CC(SCCc3ccc(O)cc3)C(=O)ON3CCNCC3)cc2)cc1. The van der Waals surface area contributed by atoms with Gasteiger partial charge in [0.1, 0.15) is 22.5 Å². The monoisotopic (exact) mass is 600 g/mol. The summed E-state index contributed by atoms with van der Waals surface area (Å²) < 4.78 is 33.1. The predicted octanol–water partition coefficient (Wildman–Crippen LogP) is 3.60. The van der Waals surface area contributed by atoms with Gasteiger partial charge in [0.15, 0.2) is 0 Å². The molecular formula is C30H36N2O7S2. The number of phenols is 1. The largest absolute Gasteiger partial charge is 0.508 e. The van der Waals surface area contributed by atoms with Gasteiger partial charge < -0.3 is 24.2 Å². The fourth-order valence-electron chi connectivity index (χ4n) is 4.22. The van der Waals surface area contributed by atoms with Crippen LogP contribution in [0.4, 0.5) is 0 Å². The van der Waals surface area contributed by atoms with Crippen LogP contribution >= 0.6 is 11.8 Å². The molecule has 11 heteroatoms. The Bertz CT molecular complexity index is 1340. The minimum atomic E-state index is -3.56. The Balaban J connectivity index is 1.29. The smallest absolute Gasteiger partial charge is 0.338 e. The number of thioether (sulfide) groups is 1. The number of phenolic OH excluding ortho intramolecular Hbond substituents is 1. The van der Waals surface area contributed by atoms with Crippen LogP contribution < -0.4 is 14.2 Å². The van der Waals surface area contributed by atoms with E-state index in [-0.39, 0.29) is 22.7 Å². The highest BCUT2D eigenvalue weighted by atomic mass is 32.2. The normalized spacial score (nSPS) is 14.8. The third kappa shape index (κ3) is 10.9. The molecule has 2 N–H and O–H groups in total. The Morgan fingerprint density at radius 3 is 2.15 bits per heavy atom. The number of piperazine rings is 1. The van der Waals surface area contributed by atoms with Crippen LogP contribution in [0.25, 0.3) is 0 Å². The zero-order valence-electron chi connectivity index (χ0n) is 23.0. The lowest BCUT2D eigenvalue weighted by Crippen LogP contribution is -2.45. The van der Waals surface area contributed by atoms with E-state index in [1.54, 1.807) is 53.2 Å². The van der Waals surface area contributed by atoms with Gasteiger partial charge in [-0.05, 0) is 71.7 Å². The van der Waals surface area contributed by atoms with E-state index in [4.69, 9.17) is 13.8 Å². The summed E-state index contributed by atoms with van der Waals surface area (Å²) in [6.07, 6.45) is 3.04. The van der Waals surface area contributed by atoms with Crippen LogP contribution in [0.5, 0.6) is 17.2 Å². The first-order chi connectivity index (χ1) is 19.7. The lowest BCUT2D eigenvalue weighted by Gasteiger charge is -2.27. The number of hydrogen-bond acceptors (Lipinski definition) is 10. The predicted molar refractivity (Wildman–Crippen MR) is 160 cm³/mol. The molecule has 0 aliphatic carbocycles. The number of nitrogens with zero attached hydrogens (tertiary/aromatic N) is 1. The van der Waals surface area contributed by atoms with E-state index < -0.39 is 10.1 Å². The molecule has 1 heterocycles. The second kappa shape index (κ2) is 15.1. The highest BCUT2D eigenvalue weighted by Gasteiger charge is 2.25. The fourth-order valence-corrected chi connectivity index (χ4v) is 5.81. The molecule has 1 aliphatic heterocycles. The van der Waals surface area contributed by atoms with Gasteiger partial charge >= 0.3 is 16.1 Å². The van der Waals surface area contributed by atoms with E-state index in [1.807, 2.05) is 36.4 Å². The Kier molecular flexibility index (Phi) is 11.3. The molecule has 1 saturated heterocycles. The van der Waals surface area contributed by atoms with Crippen LogP contribution in [0.3, 0.4) is 0 Å². The number of benzene rings is 3. The molecule has 41 heavy (non-hydrogen) atoms. The summed E-state index contributed by atoms with van der Waals surface area (Å²) >= 11 is 1.59. The maximum absolute atomic E-state index is 13.1. The molecule has 0 bridgehead atoms. The third-order valence-electron chi connectivity index (χ3n) is 6.38. The van der Waals surface area contributed by atoms with Gasteiger partial charge in [-0.3, -0.25) is 0 Å². The van der Waals surface area contributed by atoms with Crippen LogP contribution in [0, 0.1) is 0 Å². The van der Waals surface area contributed by atoms with Crippen LogP contribution in [0.2, 0.25) is 0 Å². The van der Waals surface area contributed by atoms with Gasteiger partial charge in [0.2, 0.25) is 0 Å². The molecule has 1 fully saturated rings. The van der Waals surface area contributed by atoms with Gasteiger partial charge in [0.25, 0.3) is 0 Å². The van der Waals surface area contributed by atoms with Gasteiger partial charge in [0, 0.05) is 32.6 Å². The number of rotatable bonds is 14. The molecule has 9 nitrogen and oxygen atoms in total. The maximum Gasteiger partial charge on any atom is 0.338 e. The van der Waals surface area contributed by atoms with Crippen molar-refractivity contribution in [3.8, 4) is 17.2 Å². The van der Waals surface area contributed by atoms with Crippen LogP contribution in [0.1, 0.15) is 16.7 Å². The van der Waals surface area contributed by atoms with Crippen molar-refractivity contribution in [2.24, 2.45) is 0 Å². The molecule has 1 atom stereocenters. The number of hydrogen-bond donors (Lipinski definition) is 2. The highest BCUT2D eigenvalue weighted by molar-refractivity contribution is 8.00. The Morgan fingerprint density at radius 2 is 1.49 bits per heavy atom. The second-order valence-electron chi connectivity index (χ2n) is 9.74. The Morgan fingerprint density at radius 1 is 0.902 bits per heavy atom. The van der Waals surface area contributed by atoms with Crippen molar-refractivity contribution >= 4 is 27.8 Å². The first-order valence-corrected chi connectivity index (χ1v) is 16.4. The number of nitrogens with one attached hydrogen (secondary N) is 1. The first kappa shape index (κ1) is 30.7. The van der Waals surface area contributed by atoms with Crippen LogP contribution in [-0.2, 0) is 39.0 Å². The van der Waals surface area contributed by atoms with E-state index in [0.717, 1.165) is 48.2 Å². The molecule has 1 aliphatic rings. The molecule has 0 saturated carbocycles. The standard InChI is InChI=1S/C30H36N2O7S2/c1-41(35,36)39-28-12-10-27(11-13-28)37-20-14-23-2-4-25(5-3-23)22-29(30(34)38-32-18-16-31-17-19-32)40-21-15-24-6-8-26(33)9-7-24/h2-13,29,31,33H,14-22H2,1H3. The van der Waals surface area contributed by atoms with Gasteiger partial charge in [-0.15, -0.1) is 16.8 Å². The summed E-state index contributed by atoms with van der Waals surface area (Å²) in [7, 11) is -3.56. The van der Waals surface area contributed by atoms with Crippen molar-refractivity contribution in [2.45, 2.75) is 24.5 Å². The highest BCUT2D eigenvalue weighted by Crippen LogP contribution is 2.22. The van der Waals surface area contributed by atoms with Gasteiger partial charge in [0.05, 0.1) is 12.9 Å². The lowest BCUT2D eigenvalue weighted by molar-refractivity contribution is -0.192. The minimum Gasteiger partial charge on any atom is -0.508 e. The van der Waals surface area contributed by atoms with E-state index in [0.29, 0.717) is 38.3 Å². The molecule has 3 aromatic rings. The van der Waals surface area contributed by atoms with Crippen molar-refractivity contribution in [2.75, 3.05) is 44.8 Å². The zero-order valence-corrected chi connectivity index (χ0v) is 24.7. The van der Waals surface area contributed by atoms with Crippen LogP contribution in [0.15, 0.2) is 72.8 Å². The van der Waals surface area contributed by atoms with E-state index in [2.05, 4.69) is 5.32 Å². The Hall–Kier alpha value is -3.25. The van der Waals surface area contributed by atoms with Crippen molar-refractivity contribution in [3.63, 3.8) is 0 Å². The maximum atomic E-state index is 13.1. The number of carbonyl (C=O) groups excluding carboxylic acids is 1. The number of aromatic hydroxyl groups is 1. The van der Waals surface area contributed by atoms with Gasteiger partial charge in [-0.1, -0.05) is 36.4 Å². The summed E-state index contributed by atoms with van der Waals surface area (Å²) in [5, 5.41) is 14.2. The van der Waals surface area contributed by atoms with E-state index >= 15 is 0 Å².